The summed E-state index contributed by atoms with van der Waals surface area (Å²) >= 11 is 1.00. The van der Waals surface area contributed by atoms with Gasteiger partial charge in [0.05, 0.1) is 9.75 Å². The minimum Gasteiger partial charge on any atom is -0.503 e. The number of carboxylic acid groups (broad SMARTS) is 1. The van der Waals surface area contributed by atoms with Crippen molar-refractivity contribution in [1.29, 1.82) is 5.26 Å². The van der Waals surface area contributed by atoms with Gasteiger partial charge in [-0.05, 0) is 48.0 Å². The van der Waals surface area contributed by atoms with Crippen LogP contribution in [0.2, 0.25) is 0 Å². The predicted molar refractivity (Wildman–Crippen MR) is 129 cm³/mol. The lowest BCUT2D eigenvalue weighted by Gasteiger charge is -2.25. The number of thiophene rings is 1. The molecule has 0 aliphatic heterocycles. The lowest BCUT2D eigenvalue weighted by Crippen LogP contribution is -2.09. The number of para-hydroxylation sites is 2. The number of anilines is 3. The highest BCUT2D eigenvalue weighted by atomic mass is 32.1. The normalized spacial score (nSPS) is 11.1. The van der Waals surface area contributed by atoms with Crippen molar-refractivity contribution in [3.63, 3.8) is 0 Å². The number of carboxylic acids is 1. The molecule has 1 aromatic heterocycles. The second-order valence-corrected chi connectivity index (χ2v) is 8.07. The van der Waals surface area contributed by atoms with E-state index in [4.69, 9.17) is 10.4 Å². The molecule has 0 amide bonds. The summed E-state index contributed by atoms with van der Waals surface area (Å²) in [4.78, 5) is 13.7. The topological polar surface area (TPSA) is 105 Å². The van der Waals surface area contributed by atoms with Gasteiger partial charge in [-0.2, -0.15) is 5.26 Å². The number of hydrogen-bond donors (Lipinski definition) is 3. The highest BCUT2D eigenvalue weighted by Crippen LogP contribution is 2.48. The number of benzene rings is 3. The first-order valence-electron chi connectivity index (χ1n) is 9.90. The molecule has 4 aromatic rings. The van der Waals surface area contributed by atoms with Crippen molar-refractivity contribution in [3.05, 3.63) is 95.4 Å². The first-order valence-corrected chi connectivity index (χ1v) is 10.7. The summed E-state index contributed by atoms with van der Waals surface area (Å²) in [6, 6.07) is 28.8. The third kappa shape index (κ3) is 4.42. The van der Waals surface area contributed by atoms with Crippen LogP contribution in [0.4, 0.5) is 17.1 Å². The van der Waals surface area contributed by atoms with Crippen LogP contribution in [0.3, 0.4) is 0 Å². The lowest BCUT2D eigenvalue weighted by molar-refractivity contribution is -0.132. The van der Waals surface area contributed by atoms with Crippen molar-refractivity contribution in [2.75, 3.05) is 4.90 Å². The summed E-state index contributed by atoms with van der Waals surface area (Å²) in [7, 11) is 0. The molecule has 0 aliphatic carbocycles. The Kier molecular flexibility index (Phi) is 6.11. The van der Waals surface area contributed by atoms with Crippen LogP contribution in [0.15, 0.2) is 90.5 Å². The van der Waals surface area contributed by atoms with E-state index in [9.17, 15) is 15.0 Å². The second-order valence-electron chi connectivity index (χ2n) is 7.02. The Balaban J connectivity index is 1.73. The van der Waals surface area contributed by atoms with E-state index in [0.717, 1.165) is 34.5 Å². The maximum atomic E-state index is 11.1. The summed E-state index contributed by atoms with van der Waals surface area (Å²) in [6.07, 6.45) is 1.05. The summed E-state index contributed by atoms with van der Waals surface area (Å²) in [5, 5.41) is 38.7. The number of carbonyl (C=O) groups is 1. The summed E-state index contributed by atoms with van der Waals surface area (Å²) in [5.41, 5.74) is 2.98. The van der Waals surface area contributed by atoms with Gasteiger partial charge in [0.15, 0.2) is 11.5 Å². The van der Waals surface area contributed by atoms with Crippen LogP contribution in [0.5, 0.6) is 11.5 Å². The van der Waals surface area contributed by atoms with Crippen LogP contribution >= 0.6 is 11.3 Å². The molecular formula is C26H18N2O4S. The van der Waals surface area contributed by atoms with E-state index in [0.29, 0.717) is 10.4 Å². The largest absolute Gasteiger partial charge is 0.503 e. The minimum absolute atomic E-state index is 0.0979. The molecule has 0 atom stereocenters. The number of aromatic hydroxyl groups is 2. The molecule has 1 heterocycles. The van der Waals surface area contributed by atoms with Crippen molar-refractivity contribution in [2.45, 2.75) is 0 Å². The van der Waals surface area contributed by atoms with Gasteiger partial charge in [-0.3, -0.25) is 0 Å². The molecule has 0 aliphatic rings. The average Bonchev–Trinajstić information content (AvgIpc) is 3.13. The highest BCUT2D eigenvalue weighted by molar-refractivity contribution is 7.17. The van der Waals surface area contributed by atoms with Crippen molar-refractivity contribution in [3.8, 4) is 28.0 Å². The number of nitriles is 1. The third-order valence-corrected chi connectivity index (χ3v) is 6.09. The van der Waals surface area contributed by atoms with E-state index in [1.165, 1.54) is 0 Å². The Morgan fingerprint density at radius 2 is 1.33 bits per heavy atom. The van der Waals surface area contributed by atoms with E-state index >= 15 is 0 Å². The van der Waals surface area contributed by atoms with E-state index in [-0.39, 0.29) is 10.6 Å². The summed E-state index contributed by atoms with van der Waals surface area (Å²) in [6.45, 7) is 0. The monoisotopic (exact) mass is 454 g/mol. The van der Waals surface area contributed by atoms with Crippen molar-refractivity contribution in [1.82, 2.24) is 0 Å². The van der Waals surface area contributed by atoms with Gasteiger partial charge in [0.25, 0.3) is 0 Å². The molecule has 162 valence electrons. The van der Waals surface area contributed by atoms with Gasteiger partial charge < -0.3 is 20.2 Å². The zero-order valence-electron chi connectivity index (χ0n) is 17.2. The van der Waals surface area contributed by atoms with Gasteiger partial charge in [0, 0.05) is 17.1 Å². The van der Waals surface area contributed by atoms with Crippen LogP contribution in [0, 0.1) is 11.3 Å². The standard InChI is InChI=1S/C26H18N2O4S/c27-16-18(26(31)32)15-22-23(29)24(30)25(33-22)17-11-13-21(14-12-17)28(19-7-3-1-4-8-19)20-9-5-2-6-10-20/h1-15,29-30H,(H,31,32)/b18-15+. The van der Waals surface area contributed by atoms with E-state index < -0.39 is 17.3 Å². The van der Waals surface area contributed by atoms with E-state index in [1.807, 2.05) is 84.9 Å². The van der Waals surface area contributed by atoms with Gasteiger partial charge in [-0.25, -0.2) is 4.79 Å². The molecular weight excluding hydrogens is 436 g/mol. The first kappa shape index (κ1) is 21.7. The van der Waals surface area contributed by atoms with Crippen molar-refractivity contribution < 1.29 is 20.1 Å². The van der Waals surface area contributed by atoms with Crippen molar-refractivity contribution >= 4 is 40.4 Å². The van der Waals surface area contributed by atoms with Crippen LogP contribution in [0.1, 0.15) is 4.88 Å². The lowest BCUT2D eigenvalue weighted by atomic mass is 10.1. The molecule has 0 fully saturated rings. The molecule has 0 spiro atoms. The van der Waals surface area contributed by atoms with Gasteiger partial charge in [0.2, 0.25) is 0 Å². The summed E-state index contributed by atoms with van der Waals surface area (Å²) < 4.78 is 0. The zero-order valence-corrected chi connectivity index (χ0v) is 18.0. The minimum atomic E-state index is -1.40. The Morgan fingerprint density at radius 3 is 1.82 bits per heavy atom. The molecule has 0 radical (unpaired) electrons. The Bertz CT molecular complexity index is 1320. The Labute approximate surface area is 194 Å². The maximum Gasteiger partial charge on any atom is 0.346 e. The smallest absolute Gasteiger partial charge is 0.346 e. The quantitative estimate of drug-likeness (QED) is 0.234. The SMILES string of the molecule is N#C/C(=C\c1sc(-c2ccc(N(c3ccccc3)c3ccccc3)cc2)c(O)c1O)C(=O)O. The Morgan fingerprint density at radius 1 is 0.818 bits per heavy atom. The first-order chi connectivity index (χ1) is 16.0. The second kappa shape index (κ2) is 9.30. The molecule has 33 heavy (non-hydrogen) atoms. The fourth-order valence-electron chi connectivity index (χ4n) is 3.36. The van der Waals surface area contributed by atoms with Crippen molar-refractivity contribution in [2.24, 2.45) is 0 Å². The molecule has 3 N–H and O–H groups in total. The Hall–Kier alpha value is -4.54. The number of rotatable bonds is 6. The number of hydrogen-bond acceptors (Lipinski definition) is 6. The fourth-order valence-corrected chi connectivity index (χ4v) is 4.40. The van der Waals surface area contributed by atoms with Crippen LogP contribution in [-0.4, -0.2) is 21.3 Å². The third-order valence-electron chi connectivity index (χ3n) is 4.93. The maximum absolute atomic E-state index is 11.1. The van der Waals surface area contributed by atoms with Gasteiger partial charge >= 0.3 is 5.97 Å². The van der Waals surface area contributed by atoms with E-state index in [1.54, 1.807) is 6.07 Å². The fraction of sp³-hybridized carbons (Fsp3) is 0. The number of aliphatic carboxylic acids is 1. The van der Waals surface area contributed by atoms with Gasteiger partial charge in [-0.1, -0.05) is 48.5 Å². The zero-order chi connectivity index (χ0) is 23.4. The van der Waals surface area contributed by atoms with Crippen LogP contribution in [-0.2, 0) is 4.79 Å². The molecule has 7 heteroatoms. The van der Waals surface area contributed by atoms with Crippen LogP contribution in [0.25, 0.3) is 16.5 Å². The average molecular weight is 455 g/mol. The van der Waals surface area contributed by atoms with Crippen LogP contribution < -0.4 is 4.90 Å². The molecule has 3 aromatic carbocycles. The number of nitrogens with zero attached hydrogens (tertiary/aromatic N) is 2. The predicted octanol–water partition coefficient (Wildman–Crippen LogP) is 6.29. The molecule has 0 saturated heterocycles. The van der Waals surface area contributed by atoms with E-state index in [2.05, 4.69) is 4.90 Å². The molecule has 0 saturated carbocycles. The molecule has 0 unspecified atom stereocenters. The van der Waals surface area contributed by atoms with Gasteiger partial charge in [-0.15, -0.1) is 11.3 Å². The van der Waals surface area contributed by atoms with Gasteiger partial charge in [0.1, 0.15) is 11.6 Å². The molecule has 6 nitrogen and oxygen atoms in total. The highest BCUT2D eigenvalue weighted by Gasteiger charge is 2.20. The summed E-state index contributed by atoms with van der Waals surface area (Å²) in [5.74, 6) is -2.22. The molecule has 0 bridgehead atoms. The molecule has 4 rings (SSSR count).